The summed E-state index contributed by atoms with van der Waals surface area (Å²) in [6, 6.07) is 3.66. The van der Waals surface area contributed by atoms with Gasteiger partial charge in [-0.3, -0.25) is 4.84 Å². The number of nitrogens with two attached hydrogens (primary N) is 2. The molecule has 1 aromatic rings. The Hall–Kier alpha value is -2.40. The molecule has 0 saturated heterocycles. The van der Waals surface area contributed by atoms with Crippen molar-refractivity contribution < 1.29 is 27.5 Å². The first kappa shape index (κ1) is 22.6. The Morgan fingerprint density at radius 2 is 1.93 bits per heavy atom. The third-order valence-corrected chi connectivity index (χ3v) is 2.82. The largest absolute Gasteiger partial charge is 0.573 e. The second-order valence-corrected chi connectivity index (χ2v) is 5.81. The minimum absolute atomic E-state index is 0.00173. The molecule has 0 spiro atoms. The van der Waals surface area contributed by atoms with Gasteiger partial charge in [-0.05, 0) is 26.0 Å². The van der Waals surface area contributed by atoms with Crippen LogP contribution in [0.2, 0.25) is 5.02 Å². The number of nitrogens with zero attached hydrogens (tertiary/aromatic N) is 2. The van der Waals surface area contributed by atoms with E-state index in [4.69, 9.17) is 32.6 Å². The fraction of sp³-hybridized carbons (Fsp3) is 0.467. The third-order valence-electron chi connectivity index (χ3n) is 2.58. The van der Waals surface area contributed by atoms with Crippen LogP contribution >= 0.6 is 11.6 Å². The van der Waals surface area contributed by atoms with E-state index in [0.29, 0.717) is 6.42 Å². The van der Waals surface area contributed by atoms with Crippen LogP contribution in [0.1, 0.15) is 20.3 Å². The number of benzene rings is 1. The maximum Gasteiger partial charge on any atom is 0.573 e. The van der Waals surface area contributed by atoms with Crippen LogP contribution in [-0.2, 0) is 4.84 Å². The van der Waals surface area contributed by atoms with Crippen molar-refractivity contribution in [1.29, 1.82) is 0 Å². The first-order valence-corrected chi connectivity index (χ1v) is 8.18. The van der Waals surface area contributed by atoms with E-state index in [1.54, 1.807) is 0 Å². The lowest BCUT2D eigenvalue weighted by Crippen LogP contribution is -2.34. The van der Waals surface area contributed by atoms with Gasteiger partial charge in [-0.2, -0.15) is 4.99 Å². The van der Waals surface area contributed by atoms with Crippen molar-refractivity contribution in [3.8, 4) is 11.5 Å². The van der Waals surface area contributed by atoms with Crippen molar-refractivity contribution in [2.75, 3.05) is 13.2 Å². The van der Waals surface area contributed by atoms with Crippen LogP contribution in [0.15, 0.2) is 28.2 Å². The molecular formula is C15H21ClF3N5O3. The zero-order valence-corrected chi connectivity index (χ0v) is 15.5. The molecule has 0 aliphatic heterocycles. The van der Waals surface area contributed by atoms with Crippen LogP contribution in [0.5, 0.6) is 11.5 Å². The van der Waals surface area contributed by atoms with Crippen LogP contribution in [0.3, 0.4) is 0 Å². The summed E-state index contributed by atoms with van der Waals surface area (Å²) < 4.78 is 46.3. The smallest absolute Gasteiger partial charge is 0.490 e. The number of hydrogen-bond acceptors (Lipinski definition) is 4. The summed E-state index contributed by atoms with van der Waals surface area (Å²) in [5.41, 5.74) is 13.4. The highest BCUT2D eigenvalue weighted by Gasteiger charge is 2.32. The number of guanidine groups is 2. The van der Waals surface area contributed by atoms with Crippen LogP contribution < -0.4 is 26.4 Å². The second-order valence-electron chi connectivity index (χ2n) is 5.37. The zero-order valence-electron chi connectivity index (χ0n) is 14.7. The maximum atomic E-state index is 12.4. The highest BCUT2D eigenvalue weighted by molar-refractivity contribution is 6.30. The normalized spacial score (nSPS) is 13.0. The summed E-state index contributed by atoms with van der Waals surface area (Å²) in [5.74, 6) is -0.702. The van der Waals surface area contributed by atoms with E-state index in [-0.39, 0.29) is 41.9 Å². The van der Waals surface area contributed by atoms with Gasteiger partial charge in [0.1, 0.15) is 0 Å². The minimum atomic E-state index is -4.85. The Morgan fingerprint density at radius 1 is 1.22 bits per heavy atom. The van der Waals surface area contributed by atoms with Gasteiger partial charge in [-0.1, -0.05) is 11.6 Å². The molecule has 12 heteroatoms. The molecule has 0 saturated carbocycles. The molecule has 0 aliphatic carbocycles. The van der Waals surface area contributed by atoms with E-state index in [1.165, 1.54) is 12.1 Å². The maximum absolute atomic E-state index is 12.4. The fourth-order valence-electron chi connectivity index (χ4n) is 1.68. The number of rotatable bonds is 8. The van der Waals surface area contributed by atoms with Gasteiger partial charge in [0, 0.05) is 23.6 Å². The molecular weight excluding hydrogens is 391 g/mol. The molecule has 0 aromatic heterocycles. The van der Waals surface area contributed by atoms with Crippen LogP contribution in [0.4, 0.5) is 13.2 Å². The molecule has 1 rings (SSSR count). The summed E-state index contributed by atoms with van der Waals surface area (Å²) in [6.07, 6.45) is -4.52. The Morgan fingerprint density at radius 3 is 2.56 bits per heavy atom. The summed E-state index contributed by atoms with van der Waals surface area (Å²) >= 11 is 5.67. The Labute approximate surface area is 159 Å². The second kappa shape index (κ2) is 10.7. The Kier molecular flexibility index (Phi) is 8.95. The third kappa shape index (κ3) is 10.4. The van der Waals surface area contributed by atoms with Crippen molar-refractivity contribution in [2.24, 2.45) is 21.5 Å². The number of alkyl halides is 3. The lowest BCUT2D eigenvalue weighted by molar-refractivity contribution is -0.275. The van der Waals surface area contributed by atoms with Crippen LogP contribution in [0, 0.1) is 0 Å². The van der Waals surface area contributed by atoms with Gasteiger partial charge < -0.3 is 20.9 Å². The van der Waals surface area contributed by atoms with Crippen molar-refractivity contribution in [3.63, 3.8) is 0 Å². The highest BCUT2D eigenvalue weighted by atomic mass is 35.5. The quantitative estimate of drug-likeness (QED) is 0.262. The van der Waals surface area contributed by atoms with Gasteiger partial charge in [0.2, 0.25) is 11.9 Å². The monoisotopic (exact) mass is 411 g/mol. The number of halogens is 4. The standard InChI is InChI=1S/C15H21ClF3N5O3/c1-9(2)22-13(20)23-14(21)24-26-7-3-6-25-11-5-4-10(16)8-12(11)27-15(17,18)19/h4-5,8-9H,3,6-7H2,1-2H3,(H5,20,21,22,23,24). The van der Waals surface area contributed by atoms with Crippen LogP contribution in [0.25, 0.3) is 0 Å². The summed E-state index contributed by atoms with van der Waals surface area (Å²) in [6.45, 7) is 3.86. The summed E-state index contributed by atoms with van der Waals surface area (Å²) in [4.78, 5) is 12.8. The predicted octanol–water partition coefficient (Wildman–Crippen LogP) is 2.57. The number of aliphatic imine (C=N–C) groups is 2. The van der Waals surface area contributed by atoms with Gasteiger partial charge in [0.25, 0.3) is 0 Å². The molecule has 152 valence electrons. The number of hydrogen-bond donors (Lipinski definition) is 3. The Balaban J connectivity index is 2.40. The van der Waals surface area contributed by atoms with Gasteiger partial charge >= 0.3 is 6.36 Å². The van der Waals surface area contributed by atoms with E-state index in [0.717, 1.165) is 6.07 Å². The molecule has 0 amide bonds. The summed E-state index contributed by atoms with van der Waals surface area (Å²) in [5, 5.41) is 0.0872. The van der Waals surface area contributed by atoms with Gasteiger partial charge in [0.05, 0.1) is 13.2 Å². The van der Waals surface area contributed by atoms with Crippen molar-refractivity contribution in [2.45, 2.75) is 32.7 Å². The molecule has 0 fully saturated rings. The summed E-state index contributed by atoms with van der Waals surface area (Å²) in [7, 11) is 0. The molecule has 0 bridgehead atoms. The molecule has 0 radical (unpaired) electrons. The van der Waals surface area contributed by atoms with E-state index >= 15 is 0 Å². The molecule has 1 aromatic carbocycles. The van der Waals surface area contributed by atoms with Gasteiger partial charge in [0.15, 0.2) is 11.5 Å². The van der Waals surface area contributed by atoms with Crippen molar-refractivity contribution >= 4 is 23.5 Å². The molecule has 0 unspecified atom stereocenters. The lowest BCUT2D eigenvalue weighted by atomic mass is 10.3. The highest BCUT2D eigenvalue weighted by Crippen LogP contribution is 2.34. The van der Waals surface area contributed by atoms with Gasteiger partial charge in [-0.15, -0.1) is 13.2 Å². The average molecular weight is 412 g/mol. The molecule has 5 N–H and O–H groups in total. The van der Waals surface area contributed by atoms with E-state index in [1.807, 2.05) is 13.8 Å². The zero-order chi connectivity index (χ0) is 20.4. The Bertz CT molecular complexity index is 669. The van der Waals surface area contributed by atoms with Crippen molar-refractivity contribution in [3.05, 3.63) is 23.2 Å². The van der Waals surface area contributed by atoms with E-state index in [2.05, 4.69) is 20.2 Å². The molecule has 0 atom stereocenters. The van der Waals surface area contributed by atoms with E-state index < -0.39 is 12.1 Å². The van der Waals surface area contributed by atoms with E-state index in [9.17, 15) is 13.2 Å². The predicted molar refractivity (Wildman–Crippen MR) is 95.7 cm³/mol. The molecule has 27 heavy (non-hydrogen) atoms. The minimum Gasteiger partial charge on any atom is -0.490 e. The molecule has 8 nitrogen and oxygen atoms in total. The average Bonchev–Trinajstić information content (AvgIpc) is 2.49. The molecule has 0 aliphatic rings. The number of hydroxylamine groups is 1. The number of nitrogens with one attached hydrogen (secondary N) is 1. The first-order chi connectivity index (χ1) is 12.6. The first-order valence-electron chi connectivity index (χ1n) is 7.80. The van der Waals surface area contributed by atoms with Crippen LogP contribution in [-0.4, -0.2) is 37.5 Å². The topological polar surface area (TPSA) is 116 Å². The lowest BCUT2D eigenvalue weighted by Gasteiger charge is -2.14. The number of ether oxygens (including phenoxy) is 2. The van der Waals surface area contributed by atoms with Crippen molar-refractivity contribution in [1.82, 2.24) is 5.48 Å². The molecule has 0 heterocycles. The van der Waals surface area contributed by atoms with Gasteiger partial charge in [-0.25, -0.2) is 10.5 Å². The SMILES string of the molecule is CC(C)N=C(N)N=C(N)NOCCCOc1ccc(Cl)cc1OC(F)(F)F. The fourth-order valence-corrected chi connectivity index (χ4v) is 1.85.